The number of hydrogen-bond acceptors (Lipinski definition) is 9. The number of benzene rings is 2. The molecule has 0 aliphatic heterocycles. The summed E-state index contributed by atoms with van der Waals surface area (Å²) in [5.41, 5.74) is 9.04. The second-order valence-corrected chi connectivity index (χ2v) is 8.23. The third-order valence-electron chi connectivity index (χ3n) is 5.79. The van der Waals surface area contributed by atoms with E-state index >= 15 is 0 Å². The predicted octanol–water partition coefficient (Wildman–Crippen LogP) is 3.71. The molecule has 180 valence electrons. The molecule has 10 heteroatoms. The molecule has 0 saturated carbocycles. The van der Waals surface area contributed by atoms with Gasteiger partial charge in [-0.3, -0.25) is 9.36 Å². The van der Waals surface area contributed by atoms with E-state index < -0.39 is 0 Å². The molecular formula is C26H24N8O2. The van der Waals surface area contributed by atoms with Gasteiger partial charge in [0.15, 0.2) is 0 Å². The molecule has 0 bridgehead atoms. The SMILES string of the molecule is COc1ncc(-c2cccc3nc(C(C)Nc4nc(N)ncc4C)n(-c4ccccc4)c(=O)c23)cn1. The van der Waals surface area contributed by atoms with Crippen molar-refractivity contribution in [3.63, 3.8) is 0 Å². The maximum atomic E-state index is 14.1. The van der Waals surface area contributed by atoms with Crippen LogP contribution in [0.15, 0.2) is 71.9 Å². The van der Waals surface area contributed by atoms with Crippen molar-refractivity contribution in [2.75, 3.05) is 18.2 Å². The standard InChI is InChI=1S/C26H24N8O2/c1-15-12-28-25(27)33-22(15)31-16(2)23-32-20-11-7-10-19(17-13-29-26(36-3)30-14-17)21(20)24(35)34(23)18-8-5-4-6-9-18/h4-14,16H,1-3H3,(H3,27,28,31,33). The molecule has 1 unspecified atom stereocenters. The Morgan fingerprint density at radius 1 is 0.972 bits per heavy atom. The number of para-hydroxylation sites is 1. The van der Waals surface area contributed by atoms with E-state index in [1.807, 2.05) is 62.4 Å². The van der Waals surface area contributed by atoms with Crippen LogP contribution < -0.4 is 21.3 Å². The van der Waals surface area contributed by atoms with Gasteiger partial charge in [0.2, 0.25) is 5.95 Å². The molecule has 36 heavy (non-hydrogen) atoms. The highest BCUT2D eigenvalue weighted by molar-refractivity contribution is 5.94. The van der Waals surface area contributed by atoms with Gasteiger partial charge in [-0.05, 0) is 37.6 Å². The van der Waals surface area contributed by atoms with Crippen molar-refractivity contribution in [1.82, 2.24) is 29.5 Å². The molecule has 0 spiro atoms. The number of aryl methyl sites for hydroxylation is 1. The van der Waals surface area contributed by atoms with Crippen molar-refractivity contribution in [1.29, 1.82) is 0 Å². The van der Waals surface area contributed by atoms with E-state index in [1.165, 1.54) is 7.11 Å². The first kappa shape index (κ1) is 22.9. The van der Waals surface area contributed by atoms with Gasteiger partial charge in [-0.25, -0.2) is 19.9 Å². The lowest BCUT2D eigenvalue weighted by molar-refractivity contribution is 0.380. The van der Waals surface area contributed by atoms with Crippen molar-refractivity contribution in [3.8, 4) is 22.8 Å². The summed E-state index contributed by atoms with van der Waals surface area (Å²) in [6.45, 7) is 3.81. The maximum Gasteiger partial charge on any atom is 0.316 e. The first-order valence-corrected chi connectivity index (χ1v) is 11.3. The van der Waals surface area contributed by atoms with Crippen LogP contribution in [0.1, 0.15) is 24.4 Å². The molecule has 0 radical (unpaired) electrons. The average Bonchev–Trinajstić information content (AvgIpc) is 2.90. The molecule has 0 fully saturated rings. The zero-order valence-electron chi connectivity index (χ0n) is 20.0. The van der Waals surface area contributed by atoms with E-state index in [4.69, 9.17) is 15.5 Å². The summed E-state index contributed by atoms with van der Waals surface area (Å²) in [5.74, 6) is 1.26. The molecule has 3 aromatic heterocycles. The number of nitrogens with one attached hydrogen (secondary N) is 1. The molecule has 10 nitrogen and oxygen atoms in total. The summed E-state index contributed by atoms with van der Waals surface area (Å²) in [7, 11) is 1.50. The van der Waals surface area contributed by atoms with Crippen LogP contribution in [-0.4, -0.2) is 36.6 Å². The summed E-state index contributed by atoms with van der Waals surface area (Å²) in [6, 6.07) is 14.8. The summed E-state index contributed by atoms with van der Waals surface area (Å²) in [4.78, 5) is 35.8. The van der Waals surface area contributed by atoms with Crippen molar-refractivity contribution in [2.24, 2.45) is 0 Å². The van der Waals surface area contributed by atoms with Crippen LogP contribution in [0.4, 0.5) is 11.8 Å². The van der Waals surface area contributed by atoms with Crippen LogP contribution in [0.5, 0.6) is 6.01 Å². The van der Waals surface area contributed by atoms with Crippen molar-refractivity contribution in [2.45, 2.75) is 19.9 Å². The average molecular weight is 481 g/mol. The van der Waals surface area contributed by atoms with Crippen LogP contribution in [-0.2, 0) is 0 Å². The van der Waals surface area contributed by atoms with Gasteiger partial charge in [0.1, 0.15) is 11.6 Å². The lowest BCUT2D eigenvalue weighted by Crippen LogP contribution is -2.28. The van der Waals surface area contributed by atoms with Crippen molar-refractivity contribution < 1.29 is 4.74 Å². The van der Waals surface area contributed by atoms with Crippen molar-refractivity contribution >= 4 is 22.7 Å². The number of anilines is 2. The quantitative estimate of drug-likeness (QED) is 0.373. The number of nitrogen functional groups attached to an aromatic ring is 1. The van der Waals surface area contributed by atoms with E-state index in [0.29, 0.717) is 39.4 Å². The number of nitrogens with zero attached hydrogens (tertiary/aromatic N) is 6. The van der Waals surface area contributed by atoms with Gasteiger partial charge in [-0.15, -0.1) is 0 Å². The first-order valence-electron chi connectivity index (χ1n) is 11.3. The molecule has 2 aromatic carbocycles. The maximum absolute atomic E-state index is 14.1. The van der Waals surface area contributed by atoms with Crippen LogP contribution in [0.3, 0.4) is 0 Å². The number of methoxy groups -OCH3 is 1. The fourth-order valence-electron chi connectivity index (χ4n) is 4.04. The molecule has 3 N–H and O–H groups in total. The Morgan fingerprint density at radius 3 is 2.44 bits per heavy atom. The van der Waals surface area contributed by atoms with E-state index in [-0.39, 0.29) is 23.6 Å². The highest BCUT2D eigenvalue weighted by atomic mass is 16.5. The minimum Gasteiger partial charge on any atom is -0.467 e. The first-order chi connectivity index (χ1) is 17.5. The van der Waals surface area contributed by atoms with Crippen LogP contribution in [0.25, 0.3) is 27.7 Å². The van der Waals surface area contributed by atoms with E-state index in [2.05, 4.69) is 25.3 Å². The smallest absolute Gasteiger partial charge is 0.316 e. The number of aromatic nitrogens is 6. The monoisotopic (exact) mass is 480 g/mol. The van der Waals surface area contributed by atoms with E-state index in [0.717, 1.165) is 5.56 Å². The summed E-state index contributed by atoms with van der Waals surface area (Å²) in [5, 5.41) is 3.81. The van der Waals surface area contributed by atoms with E-state index in [9.17, 15) is 4.79 Å². The Bertz CT molecular complexity index is 1600. The molecule has 3 heterocycles. The van der Waals surface area contributed by atoms with Crippen LogP contribution in [0, 0.1) is 6.92 Å². The topological polar surface area (TPSA) is 134 Å². The number of hydrogen-bond donors (Lipinski definition) is 2. The Kier molecular flexibility index (Phi) is 5.99. The third-order valence-corrected chi connectivity index (χ3v) is 5.79. The number of fused-ring (bicyclic) bond motifs is 1. The second-order valence-electron chi connectivity index (χ2n) is 8.23. The third kappa shape index (κ3) is 4.20. The van der Waals surface area contributed by atoms with Crippen LogP contribution in [0.2, 0.25) is 0 Å². The minimum absolute atomic E-state index is 0.161. The van der Waals surface area contributed by atoms with Crippen LogP contribution >= 0.6 is 0 Å². The Morgan fingerprint density at radius 2 is 1.72 bits per heavy atom. The molecule has 1 atom stereocenters. The second kappa shape index (κ2) is 9.41. The van der Waals surface area contributed by atoms with Gasteiger partial charge in [0, 0.05) is 29.7 Å². The summed E-state index contributed by atoms with van der Waals surface area (Å²) < 4.78 is 6.69. The van der Waals surface area contributed by atoms with Gasteiger partial charge < -0.3 is 15.8 Å². The molecule has 0 saturated heterocycles. The van der Waals surface area contributed by atoms with Crippen molar-refractivity contribution in [3.05, 3.63) is 88.9 Å². The Labute approximate surface area is 206 Å². The number of nitrogens with two attached hydrogens (primary N) is 1. The number of ether oxygens (including phenoxy) is 1. The largest absolute Gasteiger partial charge is 0.467 e. The van der Waals surface area contributed by atoms with Gasteiger partial charge in [-0.1, -0.05) is 30.3 Å². The highest BCUT2D eigenvalue weighted by Crippen LogP contribution is 2.28. The molecule has 0 aliphatic carbocycles. The zero-order chi connectivity index (χ0) is 25.2. The fourth-order valence-corrected chi connectivity index (χ4v) is 4.04. The van der Waals surface area contributed by atoms with Gasteiger partial charge in [0.05, 0.1) is 29.7 Å². The van der Waals surface area contributed by atoms with Gasteiger partial charge in [0.25, 0.3) is 5.56 Å². The Balaban J connectivity index is 1.73. The lowest BCUT2D eigenvalue weighted by Gasteiger charge is -2.21. The molecule has 0 aliphatic rings. The molecular weight excluding hydrogens is 456 g/mol. The Hall–Kier alpha value is -4.86. The van der Waals surface area contributed by atoms with Gasteiger partial charge in [-0.2, -0.15) is 4.98 Å². The minimum atomic E-state index is -0.386. The summed E-state index contributed by atoms with van der Waals surface area (Å²) >= 11 is 0. The fraction of sp³-hybridized carbons (Fsp3) is 0.154. The van der Waals surface area contributed by atoms with Gasteiger partial charge >= 0.3 is 6.01 Å². The predicted molar refractivity (Wildman–Crippen MR) is 138 cm³/mol. The molecule has 5 aromatic rings. The highest BCUT2D eigenvalue weighted by Gasteiger charge is 2.21. The lowest BCUT2D eigenvalue weighted by atomic mass is 10.0. The summed E-state index contributed by atoms with van der Waals surface area (Å²) in [6.07, 6.45) is 4.92. The zero-order valence-corrected chi connectivity index (χ0v) is 20.0. The molecule has 0 amide bonds. The molecule has 5 rings (SSSR count). The number of rotatable bonds is 6. The normalized spacial score (nSPS) is 11.9. The van der Waals surface area contributed by atoms with E-state index in [1.54, 1.807) is 23.2 Å².